The fraction of sp³-hybridized carbons (Fsp3) is 0.158. The molecule has 11 heteroatoms. The molecule has 0 fully saturated rings. The van der Waals surface area contributed by atoms with Gasteiger partial charge in [-0.3, -0.25) is 14.9 Å². The van der Waals surface area contributed by atoms with Crippen molar-refractivity contribution in [2.24, 2.45) is 0 Å². The number of aryl methyl sites for hydroxylation is 1. The predicted molar refractivity (Wildman–Crippen MR) is 116 cm³/mol. The van der Waals surface area contributed by atoms with Gasteiger partial charge in [-0.2, -0.15) is 4.31 Å². The lowest BCUT2D eigenvalue weighted by molar-refractivity contribution is 0.100. The number of nitrogens with one attached hydrogen (secondary N) is 1. The second-order valence-corrected chi connectivity index (χ2v) is 10.2. The Kier molecular flexibility index (Phi) is 5.43. The number of anilines is 2. The standard InChI is InChI=1S/C19H15BrN4O4S2/c1-2-3-16-22-23-19(29-16)21-17(25)11-4-9-14-15(10-11)30(27,28)24(18(14)26)13-7-5-12(20)6-8-13/h4-10H,2-3H2,1H3,(H,21,23,25). The fourth-order valence-electron chi connectivity index (χ4n) is 2.99. The Morgan fingerprint density at radius 3 is 2.60 bits per heavy atom. The SMILES string of the molecule is CCCc1nnc(NC(=O)c2ccc3c(c2)S(=O)(=O)N(c2ccc(Br)cc2)C3=O)s1. The summed E-state index contributed by atoms with van der Waals surface area (Å²) in [4.78, 5) is 25.1. The maximum atomic E-state index is 13.0. The average molecular weight is 507 g/mol. The first-order chi connectivity index (χ1) is 14.3. The highest BCUT2D eigenvalue weighted by molar-refractivity contribution is 9.10. The second kappa shape index (κ2) is 7.89. The van der Waals surface area contributed by atoms with E-state index in [0.717, 1.165) is 26.6 Å². The number of nitrogens with zero attached hydrogens (tertiary/aromatic N) is 3. The molecule has 30 heavy (non-hydrogen) atoms. The van der Waals surface area contributed by atoms with Gasteiger partial charge >= 0.3 is 0 Å². The van der Waals surface area contributed by atoms with Gasteiger partial charge in [0.25, 0.3) is 21.8 Å². The minimum atomic E-state index is -4.13. The molecule has 0 radical (unpaired) electrons. The maximum absolute atomic E-state index is 13.0. The van der Waals surface area contributed by atoms with Crippen LogP contribution in [0.4, 0.5) is 10.8 Å². The summed E-state index contributed by atoms with van der Waals surface area (Å²) in [5, 5.41) is 11.7. The summed E-state index contributed by atoms with van der Waals surface area (Å²) in [6, 6.07) is 10.3. The molecule has 0 aliphatic carbocycles. The number of aromatic nitrogens is 2. The quantitative estimate of drug-likeness (QED) is 0.562. The monoisotopic (exact) mass is 506 g/mol. The van der Waals surface area contributed by atoms with Crippen LogP contribution >= 0.6 is 27.3 Å². The molecular formula is C19H15BrN4O4S2. The zero-order valence-corrected chi connectivity index (χ0v) is 18.8. The van der Waals surface area contributed by atoms with Crippen LogP contribution in [-0.4, -0.2) is 30.4 Å². The Morgan fingerprint density at radius 2 is 1.90 bits per heavy atom. The van der Waals surface area contributed by atoms with Gasteiger partial charge in [0.1, 0.15) is 9.90 Å². The minimum absolute atomic E-state index is 0.0237. The maximum Gasteiger partial charge on any atom is 0.273 e. The molecule has 4 rings (SSSR count). The van der Waals surface area contributed by atoms with Crippen molar-refractivity contribution in [2.45, 2.75) is 24.7 Å². The van der Waals surface area contributed by atoms with Crippen LogP contribution in [0.2, 0.25) is 0 Å². The van der Waals surface area contributed by atoms with Gasteiger partial charge in [0.15, 0.2) is 0 Å². The van der Waals surface area contributed by atoms with Crippen LogP contribution in [0.15, 0.2) is 51.8 Å². The van der Waals surface area contributed by atoms with Gasteiger partial charge in [0.05, 0.1) is 11.3 Å². The van der Waals surface area contributed by atoms with E-state index < -0.39 is 21.8 Å². The van der Waals surface area contributed by atoms with Crippen molar-refractivity contribution >= 4 is 59.9 Å². The molecule has 154 valence electrons. The minimum Gasteiger partial charge on any atom is -0.296 e. The lowest BCUT2D eigenvalue weighted by Gasteiger charge is -2.15. The molecule has 0 saturated heterocycles. The van der Waals surface area contributed by atoms with Crippen molar-refractivity contribution in [3.05, 3.63) is 63.1 Å². The largest absolute Gasteiger partial charge is 0.296 e. The lowest BCUT2D eigenvalue weighted by Crippen LogP contribution is -2.29. The predicted octanol–water partition coefficient (Wildman–Crippen LogP) is 3.85. The van der Waals surface area contributed by atoms with Crippen LogP contribution in [0.3, 0.4) is 0 Å². The van der Waals surface area contributed by atoms with E-state index in [-0.39, 0.29) is 21.7 Å². The van der Waals surface area contributed by atoms with Crippen molar-refractivity contribution < 1.29 is 18.0 Å². The zero-order chi connectivity index (χ0) is 21.5. The van der Waals surface area contributed by atoms with Gasteiger partial charge in [0, 0.05) is 16.5 Å². The van der Waals surface area contributed by atoms with Crippen LogP contribution in [0.1, 0.15) is 39.1 Å². The molecule has 1 aliphatic rings. The van der Waals surface area contributed by atoms with E-state index in [9.17, 15) is 18.0 Å². The van der Waals surface area contributed by atoms with Crippen molar-refractivity contribution in [3.8, 4) is 0 Å². The number of hydrogen-bond acceptors (Lipinski definition) is 7. The first kappa shape index (κ1) is 20.6. The van der Waals surface area contributed by atoms with E-state index in [1.165, 1.54) is 41.7 Å². The number of hydrogen-bond donors (Lipinski definition) is 1. The highest BCUT2D eigenvalue weighted by Gasteiger charge is 2.42. The summed E-state index contributed by atoms with van der Waals surface area (Å²) in [5.74, 6) is -1.19. The Labute approximate surface area is 185 Å². The third-order valence-corrected chi connectivity index (χ3v) is 7.57. The van der Waals surface area contributed by atoms with Gasteiger partial charge in [-0.15, -0.1) is 10.2 Å². The van der Waals surface area contributed by atoms with Crippen LogP contribution in [0, 0.1) is 0 Å². The summed E-state index contributed by atoms with van der Waals surface area (Å²) in [6.45, 7) is 2.02. The molecule has 2 amide bonds. The molecule has 0 saturated carbocycles. The van der Waals surface area contributed by atoms with E-state index in [0.29, 0.717) is 5.13 Å². The van der Waals surface area contributed by atoms with Crippen LogP contribution in [0.5, 0.6) is 0 Å². The van der Waals surface area contributed by atoms with Crippen molar-refractivity contribution in [3.63, 3.8) is 0 Å². The Morgan fingerprint density at radius 1 is 1.17 bits per heavy atom. The number of halogens is 1. The number of sulfonamides is 1. The third-order valence-electron chi connectivity index (χ3n) is 4.39. The first-order valence-corrected chi connectivity index (χ1v) is 12.0. The summed E-state index contributed by atoms with van der Waals surface area (Å²) >= 11 is 4.55. The molecule has 0 unspecified atom stereocenters. The third kappa shape index (κ3) is 3.64. The molecule has 2 aromatic carbocycles. The van der Waals surface area contributed by atoms with E-state index in [2.05, 4.69) is 31.4 Å². The first-order valence-electron chi connectivity index (χ1n) is 8.94. The second-order valence-electron chi connectivity index (χ2n) is 6.47. The Bertz CT molecular complexity index is 1260. The molecule has 0 bridgehead atoms. The van der Waals surface area contributed by atoms with Gasteiger partial charge in [-0.25, -0.2) is 8.42 Å². The number of carbonyl (C=O) groups is 2. The van der Waals surface area contributed by atoms with Crippen molar-refractivity contribution in [1.82, 2.24) is 10.2 Å². The van der Waals surface area contributed by atoms with E-state index in [1.807, 2.05) is 6.92 Å². The molecule has 0 spiro atoms. The van der Waals surface area contributed by atoms with E-state index >= 15 is 0 Å². The fourth-order valence-corrected chi connectivity index (χ4v) is 5.71. The lowest BCUT2D eigenvalue weighted by atomic mass is 10.1. The van der Waals surface area contributed by atoms with Crippen LogP contribution < -0.4 is 9.62 Å². The molecule has 1 N–H and O–H groups in total. The number of amides is 2. The Balaban J connectivity index is 1.64. The van der Waals surface area contributed by atoms with Gasteiger partial charge in [-0.1, -0.05) is 34.2 Å². The normalized spacial score (nSPS) is 14.6. The zero-order valence-electron chi connectivity index (χ0n) is 15.6. The van der Waals surface area contributed by atoms with Crippen molar-refractivity contribution in [1.29, 1.82) is 0 Å². The number of rotatable bonds is 5. The summed E-state index contributed by atoms with van der Waals surface area (Å²) < 4.78 is 27.6. The number of carbonyl (C=O) groups excluding carboxylic acids is 2. The average Bonchev–Trinajstić information content (AvgIpc) is 3.23. The number of benzene rings is 2. The van der Waals surface area contributed by atoms with Gasteiger partial charge < -0.3 is 0 Å². The molecule has 1 aliphatic heterocycles. The number of fused-ring (bicyclic) bond motifs is 1. The van der Waals surface area contributed by atoms with Crippen LogP contribution in [-0.2, 0) is 16.4 Å². The Hall–Kier alpha value is -2.63. The van der Waals surface area contributed by atoms with Gasteiger partial charge in [-0.05, 0) is 48.9 Å². The highest BCUT2D eigenvalue weighted by atomic mass is 79.9. The summed E-state index contributed by atoms with van der Waals surface area (Å²) in [6.07, 6.45) is 1.67. The molecule has 3 aromatic rings. The highest BCUT2D eigenvalue weighted by Crippen LogP contribution is 2.35. The van der Waals surface area contributed by atoms with Crippen molar-refractivity contribution in [2.75, 3.05) is 9.62 Å². The summed E-state index contributed by atoms with van der Waals surface area (Å²) in [7, 11) is -4.13. The summed E-state index contributed by atoms with van der Waals surface area (Å²) in [5.41, 5.74) is 0.355. The molecule has 1 aromatic heterocycles. The topological polar surface area (TPSA) is 109 Å². The molecular weight excluding hydrogens is 492 g/mol. The molecule has 0 atom stereocenters. The smallest absolute Gasteiger partial charge is 0.273 e. The van der Waals surface area contributed by atoms with E-state index in [1.54, 1.807) is 12.1 Å². The van der Waals surface area contributed by atoms with E-state index in [4.69, 9.17) is 0 Å². The van der Waals surface area contributed by atoms with Gasteiger partial charge in [0.2, 0.25) is 5.13 Å². The molecule has 2 heterocycles. The molecule has 8 nitrogen and oxygen atoms in total. The van der Waals surface area contributed by atoms with Crippen LogP contribution in [0.25, 0.3) is 0 Å².